The Bertz CT molecular complexity index is 952. The number of esters is 1. The molecular formula is C19H19BrN2O6. The summed E-state index contributed by atoms with van der Waals surface area (Å²) in [7, 11) is 1.46. The standard InChI is InChI=1S/C19H19BrN2O6/c1-9(23)14-10(2)28-16(21)15(17(24)27-7-6-26-3)19(14)12-8-11(20)4-5-13(12)22-18(19)25/h4-5,8H,6-7,21H2,1-3H3,(H,22,25)/t19-/m0/s1. The van der Waals surface area contributed by atoms with Crippen molar-refractivity contribution in [2.24, 2.45) is 5.73 Å². The Kier molecular flexibility index (Phi) is 5.31. The van der Waals surface area contributed by atoms with Crippen LogP contribution in [-0.4, -0.2) is 38.0 Å². The Hall–Kier alpha value is -2.65. The highest BCUT2D eigenvalue weighted by Gasteiger charge is 2.60. The van der Waals surface area contributed by atoms with Crippen LogP contribution in [0.3, 0.4) is 0 Å². The number of ketones is 1. The molecule has 1 aromatic rings. The molecule has 148 valence electrons. The molecule has 2 heterocycles. The van der Waals surface area contributed by atoms with Crippen molar-refractivity contribution in [2.75, 3.05) is 25.6 Å². The van der Waals surface area contributed by atoms with Gasteiger partial charge in [-0.2, -0.15) is 0 Å². The highest BCUT2D eigenvalue weighted by molar-refractivity contribution is 9.10. The number of nitrogens with one attached hydrogen (secondary N) is 1. The minimum atomic E-state index is -1.76. The molecule has 28 heavy (non-hydrogen) atoms. The van der Waals surface area contributed by atoms with Crippen LogP contribution in [0.15, 0.2) is 45.5 Å². The first-order chi connectivity index (χ1) is 13.2. The Morgan fingerprint density at radius 3 is 2.64 bits per heavy atom. The molecule has 0 aliphatic carbocycles. The zero-order chi connectivity index (χ0) is 20.6. The van der Waals surface area contributed by atoms with Gasteiger partial charge in [0.15, 0.2) is 5.78 Å². The van der Waals surface area contributed by atoms with Crippen molar-refractivity contribution in [2.45, 2.75) is 19.3 Å². The van der Waals surface area contributed by atoms with E-state index in [2.05, 4.69) is 21.2 Å². The second kappa shape index (κ2) is 7.40. The third-order valence-corrected chi connectivity index (χ3v) is 5.16. The maximum absolute atomic E-state index is 13.3. The zero-order valence-corrected chi connectivity index (χ0v) is 17.1. The zero-order valence-electron chi connectivity index (χ0n) is 15.6. The first-order valence-corrected chi connectivity index (χ1v) is 9.22. The molecule has 1 amide bonds. The van der Waals surface area contributed by atoms with Gasteiger partial charge in [0.2, 0.25) is 11.8 Å². The number of ether oxygens (including phenoxy) is 3. The molecule has 1 spiro atoms. The quantitative estimate of drug-likeness (QED) is 0.519. The summed E-state index contributed by atoms with van der Waals surface area (Å²) in [5, 5.41) is 2.74. The van der Waals surface area contributed by atoms with Crippen LogP contribution < -0.4 is 11.1 Å². The minimum Gasteiger partial charge on any atom is -0.460 e. The molecule has 1 aromatic carbocycles. The van der Waals surface area contributed by atoms with Gasteiger partial charge in [-0.1, -0.05) is 15.9 Å². The average Bonchev–Trinajstić information content (AvgIpc) is 2.87. The van der Waals surface area contributed by atoms with E-state index in [4.69, 9.17) is 19.9 Å². The molecule has 3 rings (SSSR count). The second-order valence-electron chi connectivity index (χ2n) is 6.35. The summed E-state index contributed by atoms with van der Waals surface area (Å²) >= 11 is 3.38. The second-order valence-corrected chi connectivity index (χ2v) is 7.27. The summed E-state index contributed by atoms with van der Waals surface area (Å²) in [6, 6.07) is 5.09. The van der Waals surface area contributed by atoms with E-state index in [1.54, 1.807) is 18.2 Å². The lowest BCUT2D eigenvalue weighted by Gasteiger charge is -2.35. The van der Waals surface area contributed by atoms with Gasteiger partial charge >= 0.3 is 5.97 Å². The van der Waals surface area contributed by atoms with E-state index < -0.39 is 23.1 Å². The van der Waals surface area contributed by atoms with Gasteiger partial charge in [0.25, 0.3) is 0 Å². The molecule has 0 saturated carbocycles. The van der Waals surface area contributed by atoms with Crippen LogP contribution in [0.25, 0.3) is 0 Å². The van der Waals surface area contributed by atoms with Crippen molar-refractivity contribution < 1.29 is 28.6 Å². The fraction of sp³-hybridized carbons (Fsp3) is 0.316. The first-order valence-electron chi connectivity index (χ1n) is 8.43. The number of carbonyl (C=O) groups excluding carboxylic acids is 3. The molecule has 8 nitrogen and oxygen atoms in total. The summed E-state index contributed by atoms with van der Waals surface area (Å²) in [6.45, 7) is 2.95. The first kappa shape index (κ1) is 20.1. The number of amides is 1. The number of hydrogen-bond acceptors (Lipinski definition) is 7. The molecule has 0 radical (unpaired) electrons. The van der Waals surface area contributed by atoms with Gasteiger partial charge in [-0.05, 0) is 32.0 Å². The molecule has 2 aliphatic heterocycles. The Balaban J connectivity index is 2.29. The number of anilines is 1. The number of rotatable bonds is 5. The van der Waals surface area contributed by atoms with Gasteiger partial charge in [-0.3, -0.25) is 9.59 Å². The van der Waals surface area contributed by atoms with Gasteiger partial charge in [-0.25, -0.2) is 4.79 Å². The van der Waals surface area contributed by atoms with Crippen molar-refractivity contribution in [3.63, 3.8) is 0 Å². The van der Waals surface area contributed by atoms with Crippen LogP contribution in [0.2, 0.25) is 0 Å². The van der Waals surface area contributed by atoms with Crippen molar-refractivity contribution in [1.29, 1.82) is 0 Å². The summed E-state index contributed by atoms with van der Waals surface area (Å²) in [5.41, 5.74) is 4.97. The van der Waals surface area contributed by atoms with Crippen molar-refractivity contribution in [3.05, 3.63) is 51.0 Å². The van der Waals surface area contributed by atoms with Crippen LogP contribution in [0.5, 0.6) is 0 Å². The number of methoxy groups -OCH3 is 1. The van der Waals surface area contributed by atoms with Gasteiger partial charge in [0, 0.05) is 22.8 Å². The van der Waals surface area contributed by atoms with Crippen molar-refractivity contribution >= 4 is 39.3 Å². The molecule has 0 fully saturated rings. The van der Waals surface area contributed by atoms with Crippen LogP contribution in [-0.2, 0) is 34.0 Å². The van der Waals surface area contributed by atoms with Crippen LogP contribution in [0.4, 0.5) is 5.69 Å². The van der Waals surface area contributed by atoms with Gasteiger partial charge in [-0.15, -0.1) is 0 Å². The maximum atomic E-state index is 13.3. The van der Waals surface area contributed by atoms with E-state index in [-0.39, 0.29) is 36.0 Å². The number of hydrogen-bond donors (Lipinski definition) is 2. The summed E-state index contributed by atoms with van der Waals surface area (Å²) in [6.07, 6.45) is 0. The molecule has 2 aliphatic rings. The number of allylic oxidation sites excluding steroid dienone is 1. The Morgan fingerprint density at radius 1 is 1.29 bits per heavy atom. The minimum absolute atomic E-state index is 0.0368. The Morgan fingerprint density at radius 2 is 2.00 bits per heavy atom. The highest BCUT2D eigenvalue weighted by atomic mass is 79.9. The molecule has 9 heteroatoms. The van der Waals surface area contributed by atoms with E-state index in [1.165, 1.54) is 21.0 Å². The molecule has 0 aromatic heterocycles. The number of Topliss-reactive ketones (excluding diaryl/α,β-unsaturated/α-hetero) is 1. The Labute approximate surface area is 169 Å². The topological polar surface area (TPSA) is 117 Å². The van der Waals surface area contributed by atoms with Crippen molar-refractivity contribution in [1.82, 2.24) is 0 Å². The lowest BCUT2D eigenvalue weighted by Crippen LogP contribution is -2.48. The number of nitrogens with two attached hydrogens (primary N) is 1. The molecule has 1 atom stereocenters. The monoisotopic (exact) mass is 450 g/mol. The number of halogens is 1. The molecule has 3 N–H and O–H groups in total. The van der Waals surface area contributed by atoms with Crippen LogP contribution in [0, 0.1) is 0 Å². The summed E-state index contributed by atoms with van der Waals surface area (Å²) in [5.74, 6) is -1.98. The lowest BCUT2D eigenvalue weighted by molar-refractivity contribution is -0.142. The number of benzene rings is 1. The third kappa shape index (κ3) is 2.91. The highest BCUT2D eigenvalue weighted by Crippen LogP contribution is 2.52. The van der Waals surface area contributed by atoms with Crippen LogP contribution in [0.1, 0.15) is 19.4 Å². The largest absolute Gasteiger partial charge is 0.460 e. The van der Waals surface area contributed by atoms with E-state index >= 15 is 0 Å². The fourth-order valence-corrected chi connectivity index (χ4v) is 4.03. The SMILES string of the molecule is COCCOC(=O)C1=C(N)OC(C)=C(C(C)=O)[C@]12C(=O)Nc1ccc(Br)cc12. The number of fused-ring (bicyclic) bond motifs is 2. The van der Waals surface area contributed by atoms with Gasteiger partial charge in [0.1, 0.15) is 23.4 Å². The smallest absolute Gasteiger partial charge is 0.341 e. The number of carbonyl (C=O) groups is 3. The van der Waals surface area contributed by atoms with Crippen molar-refractivity contribution in [3.8, 4) is 0 Å². The normalized spacial score (nSPS) is 20.8. The van der Waals surface area contributed by atoms with Gasteiger partial charge in [0.05, 0.1) is 12.2 Å². The predicted octanol–water partition coefficient (Wildman–Crippen LogP) is 1.89. The third-order valence-electron chi connectivity index (χ3n) is 4.66. The molecule has 0 saturated heterocycles. The van der Waals surface area contributed by atoms with E-state index in [1.807, 2.05) is 0 Å². The van der Waals surface area contributed by atoms with E-state index in [0.29, 0.717) is 15.7 Å². The van der Waals surface area contributed by atoms with Crippen LogP contribution >= 0.6 is 15.9 Å². The predicted molar refractivity (Wildman–Crippen MR) is 103 cm³/mol. The van der Waals surface area contributed by atoms with E-state index in [0.717, 1.165) is 0 Å². The molecule has 0 unspecified atom stereocenters. The summed E-state index contributed by atoms with van der Waals surface area (Å²) < 4.78 is 16.3. The molecule has 0 bridgehead atoms. The molecular weight excluding hydrogens is 432 g/mol. The average molecular weight is 451 g/mol. The summed E-state index contributed by atoms with van der Waals surface area (Å²) in [4.78, 5) is 38.8. The van der Waals surface area contributed by atoms with Gasteiger partial charge < -0.3 is 25.3 Å². The lowest BCUT2D eigenvalue weighted by atomic mass is 9.66. The maximum Gasteiger partial charge on any atom is 0.341 e. The van der Waals surface area contributed by atoms with E-state index in [9.17, 15) is 14.4 Å². The fourth-order valence-electron chi connectivity index (χ4n) is 3.67.